The van der Waals surface area contributed by atoms with Crippen LogP contribution in [-0.2, 0) is 6.54 Å². The quantitative estimate of drug-likeness (QED) is 0.306. The Bertz CT molecular complexity index is 550. The first kappa shape index (κ1) is 18.7. The minimum absolute atomic E-state index is 0. The lowest BCUT2D eigenvalue weighted by molar-refractivity contribution is 0.259. The summed E-state index contributed by atoms with van der Waals surface area (Å²) in [4.78, 5) is 9.37. The Morgan fingerprint density at radius 1 is 1.26 bits per heavy atom. The van der Waals surface area contributed by atoms with Crippen molar-refractivity contribution >= 4 is 45.9 Å². The van der Waals surface area contributed by atoms with Crippen LogP contribution >= 0.6 is 39.9 Å². The molecular weight excluding hydrogens is 467 g/mol. The lowest BCUT2D eigenvalue weighted by Gasteiger charge is -2.25. The zero-order valence-corrected chi connectivity index (χ0v) is 17.3. The van der Waals surface area contributed by atoms with Crippen LogP contribution in [0.15, 0.2) is 45.9 Å². The fourth-order valence-corrected chi connectivity index (χ4v) is 3.40. The van der Waals surface area contributed by atoms with Gasteiger partial charge in [-0.15, -0.1) is 24.0 Å². The number of likely N-dealkylation sites (tertiary alicyclic amines) is 1. The van der Waals surface area contributed by atoms with Crippen molar-refractivity contribution in [1.82, 2.24) is 15.1 Å². The van der Waals surface area contributed by atoms with Crippen molar-refractivity contribution in [3.8, 4) is 0 Å². The number of halogens is 2. The zero-order valence-electron chi connectivity index (χ0n) is 13.4. The van der Waals surface area contributed by atoms with Crippen LogP contribution in [0.25, 0.3) is 0 Å². The van der Waals surface area contributed by atoms with E-state index >= 15 is 0 Å². The van der Waals surface area contributed by atoms with Gasteiger partial charge in [0.1, 0.15) is 0 Å². The molecule has 1 atom stereocenters. The maximum Gasteiger partial charge on any atom is 0.193 e. The number of rotatable bonds is 3. The van der Waals surface area contributed by atoms with E-state index in [2.05, 4.69) is 72.5 Å². The molecule has 1 fully saturated rings. The Morgan fingerprint density at radius 2 is 1.96 bits per heavy atom. The summed E-state index contributed by atoms with van der Waals surface area (Å²) >= 11 is 3.47. The molecule has 0 spiro atoms. The minimum atomic E-state index is 0. The number of guanidine groups is 1. The number of aliphatic imine (C=N–C) groups is 1. The first-order valence-corrected chi connectivity index (χ1v) is 8.64. The van der Waals surface area contributed by atoms with Crippen molar-refractivity contribution in [1.29, 1.82) is 0 Å². The molecule has 6 heteroatoms. The summed E-state index contributed by atoms with van der Waals surface area (Å²) in [6.45, 7) is 5.17. The van der Waals surface area contributed by atoms with Crippen LogP contribution in [0.5, 0.6) is 0 Å². The third-order valence-electron chi connectivity index (χ3n) is 4.40. The van der Waals surface area contributed by atoms with Crippen LogP contribution in [0.4, 0.5) is 0 Å². The maximum atomic E-state index is 4.45. The van der Waals surface area contributed by atoms with Crippen LogP contribution in [-0.4, -0.2) is 55.0 Å². The van der Waals surface area contributed by atoms with Crippen LogP contribution in [0.1, 0.15) is 12.0 Å². The number of nitrogens with zero attached hydrogens (tertiary/aromatic N) is 3. The molecule has 1 N–H and O–H groups in total. The SMILES string of the molecule is CN=C(NCc1ccc(Br)cc1)N1CCC(N2CC=CC2)C1.I. The van der Waals surface area contributed by atoms with E-state index in [9.17, 15) is 0 Å². The van der Waals surface area contributed by atoms with Gasteiger partial charge in [0, 0.05) is 50.3 Å². The molecule has 2 heterocycles. The molecule has 0 aliphatic carbocycles. The standard InChI is InChI=1S/C17H23BrN4.HI/c1-19-17(20-12-14-4-6-15(18)7-5-14)22-11-8-16(13-22)21-9-2-3-10-21;/h2-7,16H,8-13H2,1H3,(H,19,20);1H. The molecule has 3 rings (SSSR count). The summed E-state index contributed by atoms with van der Waals surface area (Å²) in [5, 5.41) is 3.48. The monoisotopic (exact) mass is 490 g/mol. The van der Waals surface area contributed by atoms with Gasteiger partial charge in [-0.25, -0.2) is 0 Å². The molecule has 126 valence electrons. The van der Waals surface area contributed by atoms with Gasteiger partial charge in [0.15, 0.2) is 5.96 Å². The topological polar surface area (TPSA) is 30.9 Å². The smallest absolute Gasteiger partial charge is 0.193 e. The molecule has 1 saturated heterocycles. The summed E-state index contributed by atoms with van der Waals surface area (Å²) in [5.74, 6) is 1.01. The van der Waals surface area contributed by atoms with Gasteiger partial charge in [0.25, 0.3) is 0 Å². The summed E-state index contributed by atoms with van der Waals surface area (Å²) < 4.78 is 1.11. The first-order valence-electron chi connectivity index (χ1n) is 7.85. The average molecular weight is 491 g/mol. The fourth-order valence-electron chi connectivity index (χ4n) is 3.14. The third kappa shape index (κ3) is 4.93. The molecular formula is C17H24BrIN4. The van der Waals surface area contributed by atoms with Crippen molar-refractivity contribution in [2.75, 3.05) is 33.2 Å². The molecule has 1 unspecified atom stereocenters. The molecule has 0 radical (unpaired) electrons. The summed E-state index contributed by atoms with van der Waals surface area (Å²) in [5.41, 5.74) is 1.27. The van der Waals surface area contributed by atoms with Gasteiger partial charge in [0.2, 0.25) is 0 Å². The maximum absolute atomic E-state index is 4.45. The van der Waals surface area contributed by atoms with Crippen LogP contribution in [0.2, 0.25) is 0 Å². The number of hydrogen-bond donors (Lipinski definition) is 1. The number of hydrogen-bond acceptors (Lipinski definition) is 2. The Kier molecular flexibility index (Phi) is 7.36. The van der Waals surface area contributed by atoms with E-state index in [0.29, 0.717) is 6.04 Å². The van der Waals surface area contributed by atoms with Gasteiger partial charge in [-0.2, -0.15) is 0 Å². The molecule has 1 aromatic carbocycles. The molecule has 1 aromatic rings. The van der Waals surface area contributed by atoms with Crippen molar-refractivity contribution in [3.63, 3.8) is 0 Å². The van der Waals surface area contributed by atoms with Crippen LogP contribution in [0.3, 0.4) is 0 Å². The molecule has 0 amide bonds. The highest BCUT2D eigenvalue weighted by Gasteiger charge is 2.29. The number of nitrogens with one attached hydrogen (secondary N) is 1. The first-order chi connectivity index (χ1) is 10.8. The Morgan fingerprint density at radius 3 is 2.61 bits per heavy atom. The lowest BCUT2D eigenvalue weighted by atomic mass is 10.2. The lowest BCUT2D eigenvalue weighted by Crippen LogP contribution is -2.42. The third-order valence-corrected chi connectivity index (χ3v) is 4.93. The highest BCUT2D eigenvalue weighted by molar-refractivity contribution is 14.0. The van der Waals surface area contributed by atoms with E-state index < -0.39 is 0 Å². The summed E-state index contributed by atoms with van der Waals surface area (Å²) in [6.07, 6.45) is 5.76. The summed E-state index contributed by atoms with van der Waals surface area (Å²) in [6, 6.07) is 9.07. The van der Waals surface area contributed by atoms with Gasteiger partial charge in [-0.3, -0.25) is 9.89 Å². The molecule has 4 nitrogen and oxygen atoms in total. The van der Waals surface area contributed by atoms with E-state index in [1.165, 1.54) is 12.0 Å². The van der Waals surface area contributed by atoms with Gasteiger partial charge in [-0.1, -0.05) is 40.2 Å². The Balaban J connectivity index is 0.00000192. The molecule has 2 aliphatic heterocycles. The van der Waals surface area contributed by atoms with Gasteiger partial charge in [-0.05, 0) is 24.1 Å². The largest absolute Gasteiger partial charge is 0.352 e. The predicted octanol–water partition coefficient (Wildman–Crippen LogP) is 3.09. The van der Waals surface area contributed by atoms with Gasteiger partial charge in [0.05, 0.1) is 0 Å². The average Bonchev–Trinajstić information content (AvgIpc) is 3.20. The van der Waals surface area contributed by atoms with E-state index in [4.69, 9.17) is 0 Å². The van der Waals surface area contributed by atoms with E-state index in [1.54, 1.807) is 0 Å². The molecule has 2 aliphatic rings. The van der Waals surface area contributed by atoms with Gasteiger partial charge < -0.3 is 10.2 Å². The molecule has 0 bridgehead atoms. The van der Waals surface area contributed by atoms with Crippen molar-refractivity contribution in [2.45, 2.75) is 19.0 Å². The normalized spacial score (nSPS) is 21.6. The Hall–Kier alpha value is -0.600. The van der Waals surface area contributed by atoms with Crippen LogP contribution < -0.4 is 5.32 Å². The molecule has 0 aromatic heterocycles. The highest BCUT2D eigenvalue weighted by Crippen LogP contribution is 2.18. The second-order valence-electron chi connectivity index (χ2n) is 5.84. The van der Waals surface area contributed by atoms with Crippen molar-refractivity contribution in [2.24, 2.45) is 4.99 Å². The van der Waals surface area contributed by atoms with E-state index in [1.807, 2.05) is 7.05 Å². The number of benzene rings is 1. The van der Waals surface area contributed by atoms with Crippen molar-refractivity contribution < 1.29 is 0 Å². The second-order valence-corrected chi connectivity index (χ2v) is 6.76. The molecule has 0 saturated carbocycles. The minimum Gasteiger partial charge on any atom is -0.352 e. The predicted molar refractivity (Wildman–Crippen MR) is 110 cm³/mol. The van der Waals surface area contributed by atoms with Crippen molar-refractivity contribution in [3.05, 3.63) is 46.5 Å². The molecule has 23 heavy (non-hydrogen) atoms. The van der Waals surface area contributed by atoms with Crippen LogP contribution in [0, 0.1) is 0 Å². The van der Waals surface area contributed by atoms with E-state index in [0.717, 1.165) is 43.2 Å². The van der Waals surface area contributed by atoms with E-state index in [-0.39, 0.29) is 24.0 Å². The highest BCUT2D eigenvalue weighted by atomic mass is 127. The fraction of sp³-hybridized carbons (Fsp3) is 0.471. The van der Waals surface area contributed by atoms with Gasteiger partial charge >= 0.3 is 0 Å². The summed E-state index contributed by atoms with van der Waals surface area (Å²) in [7, 11) is 1.87. The zero-order chi connectivity index (χ0) is 15.4. The second kappa shape index (κ2) is 9.03. The Labute approximate surface area is 164 Å².